The summed E-state index contributed by atoms with van der Waals surface area (Å²) in [5, 5.41) is 4.45. The third-order valence-electron chi connectivity index (χ3n) is 4.86. The van der Waals surface area contributed by atoms with Gasteiger partial charge in [0.05, 0.1) is 4.88 Å². The number of hydrogen-bond donors (Lipinski definition) is 1. The number of amides is 1. The predicted molar refractivity (Wildman–Crippen MR) is 98.7 cm³/mol. The number of halogens is 2. The van der Waals surface area contributed by atoms with Crippen LogP contribution in [0.1, 0.15) is 35.4 Å². The molecule has 6 heteroatoms. The van der Waals surface area contributed by atoms with Crippen molar-refractivity contribution in [3.8, 4) is 0 Å². The number of rotatable bonds is 4. The molecule has 0 radical (unpaired) electrons. The summed E-state index contributed by atoms with van der Waals surface area (Å²) >= 11 is 1.46. The second-order valence-corrected chi connectivity index (χ2v) is 7.79. The van der Waals surface area contributed by atoms with E-state index >= 15 is 0 Å². The molecular formula is C18H22ClFN2OS. The molecule has 0 bridgehead atoms. The molecule has 4 rings (SSSR count). The van der Waals surface area contributed by atoms with E-state index in [0.29, 0.717) is 6.04 Å². The van der Waals surface area contributed by atoms with Gasteiger partial charge in [-0.15, -0.1) is 23.7 Å². The molecule has 2 fully saturated rings. The van der Waals surface area contributed by atoms with Gasteiger partial charge >= 0.3 is 0 Å². The summed E-state index contributed by atoms with van der Waals surface area (Å²) < 4.78 is 14.2. The molecule has 1 amide bonds. The lowest BCUT2D eigenvalue weighted by Crippen LogP contribution is -2.45. The van der Waals surface area contributed by atoms with Crippen LogP contribution in [0, 0.1) is 11.7 Å². The van der Waals surface area contributed by atoms with Crippen molar-refractivity contribution in [2.75, 3.05) is 19.6 Å². The molecule has 24 heavy (non-hydrogen) atoms. The van der Waals surface area contributed by atoms with Crippen LogP contribution in [0.2, 0.25) is 0 Å². The molecule has 0 unspecified atom stereocenters. The van der Waals surface area contributed by atoms with E-state index in [1.807, 2.05) is 11.0 Å². The van der Waals surface area contributed by atoms with Gasteiger partial charge in [-0.1, -0.05) is 0 Å². The van der Waals surface area contributed by atoms with Gasteiger partial charge in [-0.2, -0.15) is 0 Å². The van der Waals surface area contributed by atoms with Crippen molar-refractivity contribution in [2.24, 2.45) is 5.92 Å². The molecule has 1 aromatic carbocycles. The van der Waals surface area contributed by atoms with Gasteiger partial charge in [0.15, 0.2) is 0 Å². The van der Waals surface area contributed by atoms with E-state index in [4.69, 9.17) is 0 Å². The van der Waals surface area contributed by atoms with E-state index in [9.17, 15) is 9.18 Å². The maximum absolute atomic E-state index is 13.3. The van der Waals surface area contributed by atoms with E-state index in [1.54, 1.807) is 6.07 Å². The van der Waals surface area contributed by atoms with Crippen LogP contribution < -0.4 is 5.32 Å². The topological polar surface area (TPSA) is 32.3 Å². The smallest absolute Gasteiger partial charge is 0.263 e. The summed E-state index contributed by atoms with van der Waals surface area (Å²) in [6, 6.07) is 7.07. The van der Waals surface area contributed by atoms with Gasteiger partial charge in [0.25, 0.3) is 5.91 Å². The highest BCUT2D eigenvalue weighted by Gasteiger charge is 2.27. The molecular weight excluding hydrogens is 347 g/mol. The second-order valence-electron chi connectivity index (χ2n) is 6.71. The molecule has 3 nitrogen and oxygen atoms in total. The summed E-state index contributed by atoms with van der Waals surface area (Å²) in [7, 11) is 0. The molecule has 0 atom stereocenters. The minimum Gasteiger partial charge on any atom is -0.338 e. The number of carbonyl (C=O) groups excluding carboxylic acids is 1. The first kappa shape index (κ1) is 17.6. The first-order chi connectivity index (χ1) is 11.2. The van der Waals surface area contributed by atoms with Crippen LogP contribution in [0.15, 0.2) is 24.3 Å². The summed E-state index contributed by atoms with van der Waals surface area (Å²) in [6.45, 7) is 2.76. The fourth-order valence-electron chi connectivity index (χ4n) is 3.22. The lowest BCUT2D eigenvalue weighted by molar-refractivity contribution is 0.0710. The molecule has 0 spiro atoms. The van der Waals surface area contributed by atoms with Crippen molar-refractivity contribution in [3.05, 3.63) is 35.0 Å². The van der Waals surface area contributed by atoms with Gasteiger partial charge in [0.2, 0.25) is 0 Å². The number of likely N-dealkylation sites (tertiary alicyclic amines) is 1. The second kappa shape index (κ2) is 7.38. The first-order valence-electron chi connectivity index (χ1n) is 8.41. The third kappa shape index (κ3) is 3.90. The molecule has 130 valence electrons. The summed E-state index contributed by atoms with van der Waals surface area (Å²) in [5.74, 6) is 0.734. The monoisotopic (exact) mass is 368 g/mol. The van der Waals surface area contributed by atoms with Crippen LogP contribution in [-0.4, -0.2) is 36.5 Å². The van der Waals surface area contributed by atoms with Gasteiger partial charge in [-0.25, -0.2) is 4.39 Å². The normalized spacial score (nSPS) is 18.6. The van der Waals surface area contributed by atoms with E-state index in [0.717, 1.165) is 53.4 Å². The predicted octanol–water partition coefficient (Wildman–Crippen LogP) is 4.07. The molecule has 1 aliphatic heterocycles. The number of carbonyl (C=O) groups is 1. The van der Waals surface area contributed by atoms with Crippen molar-refractivity contribution in [1.29, 1.82) is 0 Å². The fourth-order valence-corrected chi connectivity index (χ4v) is 4.23. The Morgan fingerprint density at radius 2 is 1.96 bits per heavy atom. The Morgan fingerprint density at radius 3 is 2.67 bits per heavy atom. The average molecular weight is 369 g/mol. The Labute approximate surface area is 151 Å². The summed E-state index contributed by atoms with van der Waals surface area (Å²) in [4.78, 5) is 15.3. The zero-order chi connectivity index (χ0) is 15.8. The van der Waals surface area contributed by atoms with Crippen LogP contribution in [0.3, 0.4) is 0 Å². The SMILES string of the molecule is Cl.O=C(c1cc2cc(F)ccc2s1)N1CCC(NCC2CC2)CC1. The Hall–Kier alpha value is -1.17. The number of hydrogen-bond acceptors (Lipinski definition) is 3. The number of benzene rings is 1. The van der Waals surface area contributed by atoms with Crippen LogP contribution in [0.4, 0.5) is 4.39 Å². The van der Waals surface area contributed by atoms with Crippen LogP contribution >= 0.6 is 23.7 Å². The van der Waals surface area contributed by atoms with Gasteiger partial charge in [-0.05, 0) is 67.8 Å². The van der Waals surface area contributed by atoms with Crippen LogP contribution in [-0.2, 0) is 0 Å². The van der Waals surface area contributed by atoms with Gasteiger partial charge in [-0.3, -0.25) is 4.79 Å². The fraction of sp³-hybridized carbons (Fsp3) is 0.500. The van der Waals surface area contributed by atoms with Crippen molar-refractivity contribution in [2.45, 2.75) is 31.7 Å². The lowest BCUT2D eigenvalue weighted by atomic mass is 10.0. The van der Waals surface area contributed by atoms with E-state index in [-0.39, 0.29) is 24.1 Å². The molecule has 2 aromatic rings. The van der Waals surface area contributed by atoms with Crippen molar-refractivity contribution >= 4 is 39.7 Å². The van der Waals surface area contributed by atoms with E-state index in [2.05, 4.69) is 5.32 Å². The van der Waals surface area contributed by atoms with Crippen molar-refractivity contribution in [3.63, 3.8) is 0 Å². The van der Waals surface area contributed by atoms with Gasteiger partial charge < -0.3 is 10.2 Å². The minimum atomic E-state index is -0.253. The van der Waals surface area contributed by atoms with Crippen LogP contribution in [0.5, 0.6) is 0 Å². The Morgan fingerprint density at radius 1 is 1.21 bits per heavy atom. The summed E-state index contributed by atoms with van der Waals surface area (Å²) in [5.41, 5.74) is 0. The summed E-state index contributed by atoms with van der Waals surface area (Å²) in [6.07, 6.45) is 4.80. The number of nitrogens with zero attached hydrogens (tertiary/aromatic N) is 1. The Bertz CT molecular complexity index is 723. The molecule has 1 N–H and O–H groups in total. The molecule has 1 saturated carbocycles. The highest BCUT2D eigenvalue weighted by Crippen LogP contribution is 2.29. The largest absolute Gasteiger partial charge is 0.338 e. The molecule has 2 heterocycles. The van der Waals surface area contributed by atoms with E-state index < -0.39 is 0 Å². The zero-order valence-electron chi connectivity index (χ0n) is 13.5. The quantitative estimate of drug-likeness (QED) is 0.882. The first-order valence-corrected chi connectivity index (χ1v) is 9.22. The van der Waals surface area contributed by atoms with Crippen molar-refractivity contribution < 1.29 is 9.18 Å². The highest BCUT2D eigenvalue weighted by molar-refractivity contribution is 7.20. The van der Waals surface area contributed by atoms with E-state index in [1.165, 1.54) is 36.3 Å². The number of thiophene rings is 1. The average Bonchev–Trinajstić information content (AvgIpc) is 3.30. The maximum Gasteiger partial charge on any atom is 0.263 e. The van der Waals surface area contributed by atoms with Crippen molar-refractivity contribution in [1.82, 2.24) is 10.2 Å². The zero-order valence-corrected chi connectivity index (χ0v) is 15.1. The minimum absolute atomic E-state index is 0. The molecule has 1 saturated heterocycles. The van der Waals surface area contributed by atoms with Gasteiger partial charge in [0, 0.05) is 23.8 Å². The van der Waals surface area contributed by atoms with Crippen LogP contribution in [0.25, 0.3) is 10.1 Å². The third-order valence-corrected chi connectivity index (χ3v) is 5.97. The Kier molecular flexibility index (Phi) is 5.42. The standard InChI is InChI=1S/C18H21FN2OS.ClH/c19-14-3-4-16-13(9-14)10-17(23-16)18(22)21-7-5-15(6-8-21)20-11-12-1-2-12;/h3-4,9-10,12,15,20H,1-2,5-8,11H2;1H. The molecule has 1 aromatic heterocycles. The number of nitrogens with one attached hydrogen (secondary N) is 1. The Balaban J connectivity index is 0.00000169. The highest BCUT2D eigenvalue weighted by atomic mass is 35.5. The van der Waals surface area contributed by atoms with Gasteiger partial charge in [0.1, 0.15) is 5.82 Å². The lowest BCUT2D eigenvalue weighted by Gasteiger charge is -2.32. The number of fused-ring (bicyclic) bond motifs is 1. The number of piperidine rings is 1. The molecule has 2 aliphatic rings. The molecule has 1 aliphatic carbocycles. The maximum atomic E-state index is 13.3.